The Labute approximate surface area is 120 Å². The Morgan fingerprint density at radius 2 is 2.10 bits per heavy atom. The maximum Gasteiger partial charge on any atom is 0.162 e. The predicted molar refractivity (Wildman–Crippen MR) is 79.0 cm³/mol. The molecular formula is C15H22N4O. The number of nitrogens with one attached hydrogen (secondary N) is 1. The second-order valence-electron chi connectivity index (χ2n) is 5.06. The Kier molecular flexibility index (Phi) is 4.39. The van der Waals surface area contributed by atoms with Crippen LogP contribution in [-0.4, -0.2) is 28.9 Å². The fraction of sp³-hybridized carbons (Fsp3) is 0.467. The van der Waals surface area contributed by atoms with Gasteiger partial charge in [0.1, 0.15) is 5.69 Å². The predicted octanol–water partition coefficient (Wildman–Crippen LogP) is 2.48. The van der Waals surface area contributed by atoms with E-state index in [1.807, 2.05) is 24.0 Å². The molecule has 5 heteroatoms. The van der Waals surface area contributed by atoms with Crippen LogP contribution in [0.2, 0.25) is 0 Å². The van der Waals surface area contributed by atoms with Crippen molar-refractivity contribution >= 4 is 0 Å². The first-order valence-electron chi connectivity index (χ1n) is 6.80. The lowest BCUT2D eigenvalue weighted by Gasteiger charge is -2.21. The normalized spacial score (nSPS) is 12.7. The lowest BCUT2D eigenvalue weighted by atomic mass is 10.0. The number of aromatic nitrogens is 3. The number of hydrogen-bond donors (Lipinski definition) is 1. The van der Waals surface area contributed by atoms with Gasteiger partial charge in [0.25, 0.3) is 0 Å². The third kappa shape index (κ3) is 2.54. The van der Waals surface area contributed by atoms with Gasteiger partial charge < -0.3 is 10.1 Å². The summed E-state index contributed by atoms with van der Waals surface area (Å²) < 4.78 is 7.45. The quantitative estimate of drug-likeness (QED) is 0.910. The Hall–Kier alpha value is -1.88. The van der Waals surface area contributed by atoms with Crippen molar-refractivity contribution in [3.63, 3.8) is 0 Å². The molecule has 0 aliphatic heterocycles. The topological polar surface area (TPSA) is 52.0 Å². The highest BCUT2D eigenvalue weighted by Gasteiger charge is 2.25. The molecular weight excluding hydrogens is 252 g/mol. The van der Waals surface area contributed by atoms with Crippen LogP contribution in [0.4, 0.5) is 0 Å². The number of methoxy groups -OCH3 is 1. The third-order valence-corrected chi connectivity index (χ3v) is 3.39. The zero-order chi connectivity index (χ0) is 14.7. The Morgan fingerprint density at radius 3 is 2.65 bits per heavy atom. The summed E-state index contributed by atoms with van der Waals surface area (Å²) in [4.78, 5) is 4.52. The van der Waals surface area contributed by atoms with Gasteiger partial charge in [-0.15, -0.1) is 0 Å². The molecule has 0 aliphatic rings. The van der Waals surface area contributed by atoms with Crippen molar-refractivity contribution in [1.29, 1.82) is 0 Å². The third-order valence-electron chi connectivity index (χ3n) is 3.39. The minimum absolute atomic E-state index is 0.0453. The molecule has 0 aromatic carbocycles. The summed E-state index contributed by atoms with van der Waals surface area (Å²) in [6.07, 6.45) is 3.58. The summed E-state index contributed by atoms with van der Waals surface area (Å²) in [5.74, 6) is 0.781. The van der Waals surface area contributed by atoms with Gasteiger partial charge >= 0.3 is 0 Å². The summed E-state index contributed by atoms with van der Waals surface area (Å²) in [7, 11) is 3.60. The zero-order valence-corrected chi connectivity index (χ0v) is 12.7. The molecule has 0 fully saturated rings. The average Bonchev–Trinajstić information content (AvgIpc) is 2.86. The first kappa shape index (κ1) is 14.5. The van der Waals surface area contributed by atoms with Crippen LogP contribution in [0.3, 0.4) is 0 Å². The van der Waals surface area contributed by atoms with Gasteiger partial charge in [-0.25, -0.2) is 0 Å². The Bertz CT molecular complexity index is 577. The monoisotopic (exact) mass is 274 g/mol. The van der Waals surface area contributed by atoms with Gasteiger partial charge in [0, 0.05) is 12.2 Å². The largest absolute Gasteiger partial charge is 0.493 e. The molecule has 0 aliphatic carbocycles. The smallest absolute Gasteiger partial charge is 0.162 e. The van der Waals surface area contributed by atoms with E-state index in [9.17, 15) is 0 Å². The van der Waals surface area contributed by atoms with Crippen LogP contribution in [0.25, 0.3) is 0 Å². The molecule has 2 aromatic rings. The highest BCUT2D eigenvalue weighted by atomic mass is 16.5. The zero-order valence-electron chi connectivity index (χ0n) is 12.7. The van der Waals surface area contributed by atoms with E-state index < -0.39 is 0 Å². The minimum Gasteiger partial charge on any atom is -0.493 e. The van der Waals surface area contributed by atoms with Crippen LogP contribution in [0.1, 0.15) is 42.9 Å². The lowest BCUT2D eigenvalue weighted by molar-refractivity contribution is 0.395. The molecule has 1 atom stereocenters. The van der Waals surface area contributed by atoms with Gasteiger partial charge in [-0.2, -0.15) is 5.10 Å². The number of aryl methyl sites for hydroxylation is 1. The molecule has 0 radical (unpaired) electrons. The molecule has 0 amide bonds. The average molecular weight is 274 g/mol. The summed E-state index contributed by atoms with van der Waals surface area (Å²) in [6, 6.07) is 4.22. The standard InChI is InChI=1S/C15H22N4O/c1-10(2)19-15(12(20-5)9-18-19)14(16-4)13-11(3)7-6-8-17-13/h6-10,14,16H,1-5H3. The fourth-order valence-electron chi connectivity index (χ4n) is 2.40. The molecule has 0 saturated heterocycles. The van der Waals surface area contributed by atoms with Crippen LogP contribution >= 0.6 is 0 Å². The van der Waals surface area contributed by atoms with Gasteiger partial charge in [0.05, 0.1) is 25.0 Å². The number of rotatable bonds is 5. The maximum absolute atomic E-state index is 5.47. The second-order valence-corrected chi connectivity index (χ2v) is 5.06. The highest BCUT2D eigenvalue weighted by Crippen LogP contribution is 2.31. The molecule has 1 unspecified atom stereocenters. The first-order chi connectivity index (χ1) is 9.60. The minimum atomic E-state index is -0.0453. The number of nitrogens with zero attached hydrogens (tertiary/aromatic N) is 3. The second kappa shape index (κ2) is 6.05. The highest BCUT2D eigenvalue weighted by molar-refractivity contribution is 5.36. The number of pyridine rings is 1. The van der Waals surface area contributed by atoms with Gasteiger partial charge in [-0.05, 0) is 39.4 Å². The first-order valence-corrected chi connectivity index (χ1v) is 6.80. The molecule has 0 bridgehead atoms. The molecule has 2 heterocycles. The molecule has 2 aromatic heterocycles. The molecule has 20 heavy (non-hydrogen) atoms. The Balaban J connectivity index is 2.57. The maximum atomic E-state index is 5.47. The SMILES string of the molecule is CNC(c1ncccc1C)c1c(OC)cnn1C(C)C. The van der Waals surface area contributed by atoms with E-state index in [4.69, 9.17) is 4.74 Å². The molecule has 1 N–H and O–H groups in total. The van der Waals surface area contributed by atoms with Crippen molar-refractivity contribution in [2.75, 3.05) is 14.2 Å². The van der Waals surface area contributed by atoms with Crippen LogP contribution < -0.4 is 10.1 Å². The summed E-state index contributed by atoms with van der Waals surface area (Å²) in [5, 5.41) is 7.76. The summed E-state index contributed by atoms with van der Waals surface area (Å²) >= 11 is 0. The molecule has 0 spiro atoms. The van der Waals surface area contributed by atoms with Crippen molar-refractivity contribution < 1.29 is 4.74 Å². The number of hydrogen-bond acceptors (Lipinski definition) is 4. The van der Waals surface area contributed by atoms with Gasteiger partial charge in [0.2, 0.25) is 0 Å². The van der Waals surface area contributed by atoms with E-state index in [0.717, 1.165) is 22.7 Å². The van der Waals surface area contributed by atoms with Crippen molar-refractivity contribution in [2.45, 2.75) is 32.9 Å². The van der Waals surface area contributed by atoms with E-state index in [-0.39, 0.29) is 12.1 Å². The van der Waals surface area contributed by atoms with Crippen molar-refractivity contribution in [1.82, 2.24) is 20.1 Å². The summed E-state index contributed by atoms with van der Waals surface area (Å²) in [5.41, 5.74) is 3.15. The molecule has 0 saturated carbocycles. The van der Waals surface area contributed by atoms with Gasteiger partial charge in [-0.3, -0.25) is 9.67 Å². The van der Waals surface area contributed by atoms with Crippen molar-refractivity contribution in [3.05, 3.63) is 41.5 Å². The van der Waals surface area contributed by atoms with Gasteiger partial charge in [0.15, 0.2) is 5.75 Å². The molecule has 2 rings (SSSR count). The lowest BCUT2D eigenvalue weighted by Crippen LogP contribution is -2.24. The molecule has 108 valence electrons. The van der Waals surface area contributed by atoms with Crippen molar-refractivity contribution in [2.24, 2.45) is 0 Å². The van der Waals surface area contributed by atoms with Crippen molar-refractivity contribution in [3.8, 4) is 5.75 Å². The Morgan fingerprint density at radius 1 is 1.35 bits per heavy atom. The van der Waals surface area contributed by atoms with Crippen LogP contribution in [0.5, 0.6) is 5.75 Å². The fourth-order valence-corrected chi connectivity index (χ4v) is 2.40. The van der Waals surface area contributed by atoms with Crippen LogP contribution in [-0.2, 0) is 0 Å². The summed E-state index contributed by atoms with van der Waals surface area (Å²) in [6.45, 7) is 6.27. The van der Waals surface area contributed by atoms with Crippen LogP contribution in [0.15, 0.2) is 24.5 Å². The van der Waals surface area contributed by atoms with Crippen LogP contribution in [0, 0.1) is 6.92 Å². The van der Waals surface area contributed by atoms with E-state index in [0.29, 0.717) is 0 Å². The number of ether oxygens (including phenoxy) is 1. The van der Waals surface area contributed by atoms with Gasteiger partial charge in [-0.1, -0.05) is 6.07 Å². The van der Waals surface area contributed by atoms with E-state index in [1.165, 1.54) is 0 Å². The van der Waals surface area contributed by atoms with E-state index in [1.54, 1.807) is 13.3 Å². The molecule has 5 nitrogen and oxygen atoms in total. The van der Waals surface area contributed by atoms with E-state index >= 15 is 0 Å². The van der Waals surface area contributed by atoms with E-state index in [2.05, 4.69) is 42.2 Å².